The predicted octanol–water partition coefficient (Wildman–Crippen LogP) is 3.06. The van der Waals surface area contributed by atoms with Crippen molar-refractivity contribution < 1.29 is 9.53 Å². The maximum atomic E-state index is 11.9. The Hall–Kier alpha value is -2.23. The van der Waals surface area contributed by atoms with Crippen molar-refractivity contribution in [2.45, 2.75) is 13.3 Å². The second-order valence-electron chi connectivity index (χ2n) is 3.88. The number of benzene rings is 1. The normalized spacial score (nSPS) is 10.1. The Morgan fingerprint density at radius 1 is 1.28 bits per heavy atom. The number of aromatic amines is 1. The van der Waals surface area contributed by atoms with Crippen LogP contribution in [-0.4, -0.2) is 17.5 Å². The summed E-state index contributed by atoms with van der Waals surface area (Å²) in [6.45, 7) is 2.68. The Kier molecular flexibility index (Phi) is 4.02. The molecule has 0 bridgehead atoms. The minimum atomic E-state index is -0.174. The fourth-order valence-corrected chi connectivity index (χ4v) is 1.57. The number of para-hydroxylation sites is 2. The summed E-state index contributed by atoms with van der Waals surface area (Å²) in [6, 6.07) is 10.9. The van der Waals surface area contributed by atoms with Crippen LogP contribution in [0.25, 0.3) is 0 Å². The van der Waals surface area contributed by atoms with E-state index in [0.717, 1.165) is 6.42 Å². The van der Waals surface area contributed by atoms with Gasteiger partial charge in [0.25, 0.3) is 5.91 Å². The van der Waals surface area contributed by atoms with Gasteiger partial charge in [-0.2, -0.15) is 0 Å². The third-order valence-electron chi connectivity index (χ3n) is 2.44. The Morgan fingerprint density at radius 2 is 2.11 bits per heavy atom. The van der Waals surface area contributed by atoms with Crippen molar-refractivity contribution in [2.75, 3.05) is 11.9 Å². The molecule has 4 heteroatoms. The third-order valence-corrected chi connectivity index (χ3v) is 2.44. The first-order valence-corrected chi connectivity index (χ1v) is 5.98. The molecule has 0 unspecified atom stereocenters. The zero-order valence-electron chi connectivity index (χ0n) is 10.3. The number of hydrogen-bond acceptors (Lipinski definition) is 2. The van der Waals surface area contributed by atoms with Gasteiger partial charge in [0.15, 0.2) is 0 Å². The fourth-order valence-electron chi connectivity index (χ4n) is 1.57. The highest BCUT2D eigenvalue weighted by molar-refractivity contribution is 6.03. The lowest BCUT2D eigenvalue weighted by molar-refractivity contribution is 0.102. The molecular weight excluding hydrogens is 228 g/mol. The summed E-state index contributed by atoms with van der Waals surface area (Å²) in [5.74, 6) is 0.520. The van der Waals surface area contributed by atoms with Gasteiger partial charge in [-0.1, -0.05) is 19.1 Å². The van der Waals surface area contributed by atoms with E-state index < -0.39 is 0 Å². The molecule has 2 rings (SSSR count). The van der Waals surface area contributed by atoms with Gasteiger partial charge in [0, 0.05) is 6.20 Å². The van der Waals surface area contributed by atoms with Crippen molar-refractivity contribution in [2.24, 2.45) is 0 Å². The second kappa shape index (κ2) is 5.91. The average Bonchev–Trinajstić information content (AvgIpc) is 2.91. The molecule has 4 nitrogen and oxygen atoms in total. The van der Waals surface area contributed by atoms with E-state index in [0.29, 0.717) is 23.7 Å². The Bertz CT molecular complexity index is 506. The lowest BCUT2D eigenvalue weighted by Gasteiger charge is -2.11. The van der Waals surface area contributed by atoms with Crippen molar-refractivity contribution in [1.29, 1.82) is 0 Å². The molecule has 0 saturated heterocycles. The van der Waals surface area contributed by atoms with E-state index in [1.165, 1.54) is 0 Å². The van der Waals surface area contributed by atoms with Crippen LogP contribution < -0.4 is 10.1 Å². The summed E-state index contributed by atoms with van der Waals surface area (Å²) in [5.41, 5.74) is 1.21. The highest BCUT2D eigenvalue weighted by Crippen LogP contribution is 2.24. The average molecular weight is 244 g/mol. The fraction of sp³-hybridized carbons (Fsp3) is 0.214. The van der Waals surface area contributed by atoms with Crippen LogP contribution in [0.2, 0.25) is 0 Å². The monoisotopic (exact) mass is 244 g/mol. The smallest absolute Gasteiger partial charge is 0.272 e. The maximum absolute atomic E-state index is 11.9. The van der Waals surface area contributed by atoms with Crippen LogP contribution in [0.5, 0.6) is 5.75 Å². The largest absolute Gasteiger partial charge is 0.491 e. The summed E-state index contributed by atoms with van der Waals surface area (Å²) < 4.78 is 5.58. The quantitative estimate of drug-likeness (QED) is 0.849. The molecule has 0 fully saturated rings. The number of rotatable bonds is 5. The standard InChI is InChI=1S/C14H16N2O2/c1-2-10-18-13-8-4-3-6-11(13)16-14(17)12-7-5-9-15-12/h3-9,15H,2,10H2,1H3,(H,16,17). The Balaban J connectivity index is 2.11. The number of nitrogens with one attached hydrogen (secondary N) is 2. The molecular formula is C14H16N2O2. The first-order chi connectivity index (χ1) is 8.81. The number of carbonyl (C=O) groups is 1. The van der Waals surface area contributed by atoms with Crippen LogP contribution in [0.1, 0.15) is 23.8 Å². The van der Waals surface area contributed by atoms with E-state index in [2.05, 4.69) is 10.3 Å². The van der Waals surface area contributed by atoms with Crippen molar-refractivity contribution >= 4 is 11.6 Å². The molecule has 0 spiro atoms. The number of carbonyl (C=O) groups excluding carboxylic acids is 1. The van der Waals surface area contributed by atoms with Gasteiger partial charge < -0.3 is 15.0 Å². The van der Waals surface area contributed by atoms with E-state index in [1.54, 1.807) is 18.3 Å². The van der Waals surface area contributed by atoms with Gasteiger partial charge in [-0.25, -0.2) is 0 Å². The molecule has 0 saturated carbocycles. The Morgan fingerprint density at radius 3 is 2.83 bits per heavy atom. The number of ether oxygens (including phenoxy) is 1. The zero-order valence-corrected chi connectivity index (χ0v) is 10.3. The van der Waals surface area contributed by atoms with Crippen LogP contribution in [0.4, 0.5) is 5.69 Å². The number of amides is 1. The number of aromatic nitrogens is 1. The minimum absolute atomic E-state index is 0.174. The highest BCUT2D eigenvalue weighted by atomic mass is 16.5. The molecule has 94 valence electrons. The van der Waals surface area contributed by atoms with Crippen LogP contribution in [0, 0.1) is 0 Å². The van der Waals surface area contributed by atoms with Crippen LogP contribution >= 0.6 is 0 Å². The van der Waals surface area contributed by atoms with Gasteiger partial charge in [0.1, 0.15) is 11.4 Å². The first kappa shape index (κ1) is 12.2. The molecule has 1 heterocycles. The molecule has 0 aliphatic rings. The summed E-state index contributed by atoms with van der Waals surface area (Å²) in [6.07, 6.45) is 2.65. The van der Waals surface area contributed by atoms with E-state index >= 15 is 0 Å². The molecule has 0 radical (unpaired) electrons. The minimum Gasteiger partial charge on any atom is -0.491 e. The Labute approximate surface area is 106 Å². The first-order valence-electron chi connectivity index (χ1n) is 5.98. The summed E-state index contributed by atoms with van der Waals surface area (Å²) in [4.78, 5) is 14.8. The van der Waals surface area contributed by atoms with Crippen molar-refractivity contribution in [3.63, 3.8) is 0 Å². The van der Waals surface area contributed by atoms with Crippen LogP contribution in [-0.2, 0) is 0 Å². The van der Waals surface area contributed by atoms with Gasteiger partial charge in [-0.15, -0.1) is 0 Å². The molecule has 0 atom stereocenters. The topological polar surface area (TPSA) is 54.1 Å². The zero-order chi connectivity index (χ0) is 12.8. The molecule has 1 amide bonds. The summed E-state index contributed by atoms with van der Waals surface area (Å²) in [5, 5.41) is 2.83. The molecule has 0 aliphatic carbocycles. The number of anilines is 1. The SMILES string of the molecule is CCCOc1ccccc1NC(=O)c1ccc[nH]1. The van der Waals surface area contributed by atoms with Crippen molar-refractivity contribution in [3.8, 4) is 5.75 Å². The van der Waals surface area contributed by atoms with Crippen molar-refractivity contribution in [1.82, 2.24) is 4.98 Å². The second-order valence-corrected chi connectivity index (χ2v) is 3.88. The predicted molar refractivity (Wildman–Crippen MR) is 71.0 cm³/mol. The van der Waals surface area contributed by atoms with Gasteiger partial charge in [0.2, 0.25) is 0 Å². The van der Waals surface area contributed by atoms with E-state index in [-0.39, 0.29) is 5.91 Å². The van der Waals surface area contributed by atoms with Gasteiger partial charge >= 0.3 is 0 Å². The van der Waals surface area contributed by atoms with Crippen LogP contribution in [0.15, 0.2) is 42.6 Å². The van der Waals surface area contributed by atoms with Gasteiger partial charge in [0.05, 0.1) is 12.3 Å². The van der Waals surface area contributed by atoms with Gasteiger partial charge in [-0.05, 0) is 30.7 Å². The summed E-state index contributed by atoms with van der Waals surface area (Å²) in [7, 11) is 0. The van der Waals surface area contributed by atoms with Crippen LogP contribution in [0.3, 0.4) is 0 Å². The molecule has 1 aromatic heterocycles. The molecule has 1 aromatic carbocycles. The van der Waals surface area contributed by atoms with Crippen molar-refractivity contribution in [3.05, 3.63) is 48.3 Å². The summed E-state index contributed by atoms with van der Waals surface area (Å²) >= 11 is 0. The van der Waals surface area contributed by atoms with Gasteiger partial charge in [-0.3, -0.25) is 4.79 Å². The number of H-pyrrole nitrogens is 1. The van der Waals surface area contributed by atoms with E-state index in [1.807, 2.05) is 31.2 Å². The van der Waals surface area contributed by atoms with E-state index in [9.17, 15) is 4.79 Å². The maximum Gasteiger partial charge on any atom is 0.272 e. The number of hydrogen-bond donors (Lipinski definition) is 2. The molecule has 18 heavy (non-hydrogen) atoms. The lowest BCUT2D eigenvalue weighted by Crippen LogP contribution is -2.13. The lowest BCUT2D eigenvalue weighted by atomic mass is 10.2. The highest BCUT2D eigenvalue weighted by Gasteiger charge is 2.09. The van der Waals surface area contributed by atoms with E-state index in [4.69, 9.17) is 4.74 Å². The molecule has 0 aliphatic heterocycles. The molecule has 2 aromatic rings. The molecule has 2 N–H and O–H groups in total. The third kappa shape index (κ3) is 2.91.